The van der Waals surface area contributed by atoms with Crippen molar-refractivity contribution in [1.29, 1.82) is 0 Å². The van der Waals surface area contributed by atoms with Gasteiger partial charge in [0.05, 0.1) is 43.2 Å². The fourth-order valence-corrected chi connectivity index (χ4v) is 2.84. The third-order valence-corrected chi connectivity index (χ3v) is 4.48. The summed E-state index contributed by atoms with van der Waals surface area (Å²) in [7, 11) is 0. The van der Waals surface area contributed by atoms with Crippen molar-refractivity contribution in [3.63, 3.8) is 0 Å². The van der Waals surface area contributed by atoms with Crippen LogP contribution in [-0.2, 0) is 34.7 Å². The minimum Gasteiger partial charge on any atom is -0.480 e. The number of benzene rings is 2. The number of nitrogens with one attached hydrogen (secondary N) is 2. The molecule has 0 aliphatic carbocycles. The van der Waals surface area contributed by atoms with Gasteiger partial charge in [-0.3, -0.25) is 4.79 Å². The van der Waals surface area contributed by atoms with E-state index in [1.54, 1.807) is 18.2 Å². The van der Waals surface area contributed by atoms with E-state index >= 15 is 0 Å². The number of rotatable bonds is 16. The molecular formula is C24H27F3N2O8. The minimum absolute atomic E-state index is 0.0525. The normalized spacial score (nSPS) is 11.1. The monoisotopic (exact) mass is 528 g/mol. The van der Waals surface area contributed by atoms with Crippen LogP contribution in [0.25, 0.3) is 0 Å². The largest absolute Gasteiger partial charge is 0.480 e. The summed E-state index contributed by atoms with van der Waals surface area (Å²) < 4.78 is 59.2. The molecule has 0 saturated carbocycles. The smallest absolute Gasteiger partial charge is 0.416 e. The minimum atomic E-state index is -4.49. The number of carbonyl (C=O) groups is 3. The van der Waals surface area contributed by atoms with Crippen molar-refractivity contribution >= 4 is 29.2 Å². The van der Waals surface area contributed by atoms with Crippen LogP contribution in [0.2, 0.25) is 0 Å². The quantitative estimate of drug-likeness (QED) is 0.222. The Morgan fingerprint density at radius 3 is 2.27 bits per heavy atom. The summed E-state index contributed by atoms with van der Waals surface area (Å²) in [6.07, 6.45) is -4.49. The molecule has 0 unspecified atom stereocenters. The standard InChI is InChI=1S/C24H27F3N2O8/c25-24(26,27)17-4-3-5-18(14-17)29-20-7-2-1-6-19(20)23(33)37-13-12-35-11-10-34-9-8-28-21(30)15-36-16-22(31)32/h1-7,14,29H,8-13,15-16H2,(H,28,30)(H,31,32). The predicted molar refractivity (Wildman–Crippen MR) is 125 cm³/mol. The van der Waals surface area contributed by atoms with Gasteiger partial charge in [0.1, 0.15) is 19.8 Å². The fraction of sp³-hybridized carbons (Fsp3) is 0.375. The molecule has 37 heavy (non-hydrogen) atoms. The van der Waals surface area contributed by atoms with E-state index in [-0.39, 0.29) is 57.4 Å². The number of alkyl halides is 3. The zero-order valence-corrected chi connectivity index (χ0v) is 19.7. The van der Waals surface area contributed by atoms with Crippen LogP contribution in [0, 0.1) is 0 Å². The van der Waals surface area contributed by atoms with Gasteiger partial charge in [0.15, 0.2) is 0 Å². The van der Waals surface area contributed by atoms with Gasteiger partial charge in [0.2, 0.25) is 5.91 Å². The number of hydrogen-bond acceptors (Lipinski definition) is 8. The highest BCUT2D eigenvalue weighted by atomic mass is 19.4. The van der Waals surface area contributed by atoms with E-state index in [0.717, 1.165) is 12.1 Å². The Kier molecular flexibility index (Phi) is 12.3. The van der Waals surface area contributed by atoms with Crippen LogP contribution in [0.3, 0.4) is 0 Å². The lowest BCUT2D eigenvalue weighted by atomic mass is 10.1. The van der Waals surface area contributed by atoms with Gasteiger partial charge in [-0.25, -0.2) is 9.59 Å². The van der Waals surface area contributed by atoms with Crippen molar-refractivity contribution in [2.24, 2.45) is 0 Å². The molecule has 10 nitrogen and oxygen atoms in total. The molecule has 2 rings (SSSR count). The van der Waals surface area contributed by atoms with Gasteiger partial charge in [0.25, 0.3) is 0 Å². The summed E-state index contributed by atoms with van der Waals surface area (Å²) in [5, 5.41) is 13.7. The van der Waals surface area contributed by atoms with Crippen LogP contribution >= 0.6 is 0 Å². The number of aliphatic carboxylic acids is 1. The van der Waals surface area contributed by atoms with Gasteiger partial charge < -0.3 is 34.7 Å². The lowest BCUT2D eigenvalue weighted by Gasteiger charge is -2.13. The molecule has 0 heterocycles. The molecule has 0 bridgehead atoms. The molecule has 13 heteroatoms. The number of para-hydroxylation sites is 1. The molecule has 202 valence electrons. The Morgan fingerprint density at radius 1 is 0.838 bits per heavy atom. The molecule has 0 fully saturated rings. The van der Waals surface area contributed by atoms with E-state index in [1.807, 2.05) is 0 Å². The number of carbonyl (C=O) groups excluding carboxylic acids is 2. The van der Waals surface area contributed by atoms with Gasteiger partial charge in [-0.05, 0) is 30.3 Å². The first-order valence-corrected chi connectivity index (χ1v) is 11.1. The number of anilines is 2. The molecule has 2 aromatic rings. The van der Waals surface area contributed by atoms with E-state index in [1.165, 1.54) is 18.2 Å². The maximum atomic E-state index is 13.0. The Morgan fingerprint density at radius 2 is 1.54 bits per heavy atom. The zero-order valence-electron chi connectivity index (χ0n) is 19.7. The maximum Gasteiger partial charge on any atom is 0.416 e. The van der Waals surface area contributed by atoms with Gasteiger partial charge in [-0.15, -0.1) is 0 Å². The molecule has 0 aliphatic rings. The Hall–Kier alpha value is -3.68. The number of halogens is 3. The van der Waals surface area contributed by atoms with Crippen molar-refractivity contribution in [2.75, 3.05) is 58.1 Å². The van der Waals surface area contributed by atoms with Crippen LogP contribution in [0.4, 0.5) is 24.5 Å². The molecule has 2 aromatic carbocycles. The lowest BCUT2D eigenvalue weighted by Crippen LogP contribution is -2.31. The summed E-state index contributed by atoms with van der Waals surface area (Å²) in [5.74, 6) is -2.30. The molecule has 0 atom stereocenters. The van der Waals surface area contributed by atoms with Crippen LogP contribution in [0.1, 0.15) is 15.9 Å². The lowest BCUT2D eigenvalue weighted by molar-refractivity contribution is -0.143. The first kappa shape index (κ1) is 29.5. The molecule has 3 N–H and O–H groups in total. The summed E-state index contributed by atoms with van der Waals surface area (Å²) in [4.78, 5) is 34.1. The number of carboxylic acid groups (broad SMARTS) is 1. The van der Waals surface area contributed by atoms with Crippen molar-refractivity contribution in [3.8, 4) is 0 Å². The third kappa shape index (κ3) is 11.7. The summed E-state index contributed by atoms with van der Waals surface area (Å²) in [6.45, 7) is -0.0255. The summed E-state index contributed by atoms with van der Waals surface area (Å²) >= 11 is 0. The number of esters is 1. The maximum absolute atomic E-state index is 13.0. The zero-order chi connectivity index (χ0) is 27.1. The predicted octanol–water partition coefficient (Wildman–Crippen LogP) is 2.86. The molecule has 0 aliphatic heterocycles. The van der Waals surface area contributed by atoms with E-state index in [9.17, 15) is 27.6 Å². The second-order valence-corrected chi connectivity index (χ2v) is 7.35. The topological polar surface area (TPSA) is 132 Å². The first-order chi connectivity index (χ1) is 17.7. The fourth-order valence-electron chi connectivity index (χ4n) is 2.84. The number of hydrogen-bond donors (Lipinski definition) is 3. The van der Waals surface area contributed by atoms with E-state index in [2.05, 4.69) is 15.4 Å². The summed E-state index contributed by atoms with van der Waals surface area (Å²) in [5.41, 5.74) is -0.198. The van der Waals surface area contributed by atoms with E-state index in [0.29, 0.717) is 5.69 Å². The molecule has 0 radical (unpaired) electrons. The van der Waals surface area contributed by atoms with E-state index < -0.39 is 36.2 Å². The third-order valence-electron chi connectivity index (χ3n) is 4.48. The van der Waals surface area contributed by atoms with Crippen LogP contribution in [0.15, 0.2) is 48.5 Å². The first-order valence-electron chi connectivity index (χ1n) is 11.1. The van der Waals surface area contributed by atoms with Gasteiger partial charge in [0, 0.05) is 12.2 Å². The number of carboxylic acids is 1. The highest BCUT2D eigenvalue weighted by Gasteiger charge is 2.30. The van der Waals surface area contributed by atoms with Gasteiger partial charge >= 0.3 is 18.1 Å². The van der Waals surface area contributed by atoms with Gasteiger partial charge in [-0.2, -0.15) is 13.2 Å². The average Bonchev–Trinajstić information content (AvgIpc) is 2.85. The molecular weight excluding hydrogens is 501 g/mol. The van der Waals surface area contributed by atoms with Gasteiger partial charge in [-0.1, -0.05) is 18.2 Å². The van der Waals surface area contributed by atoms with Crippen LogP contribution < -0.4 is 10.6 Å². The van der Waals surface area contributed by atoms with E-state index in [4.69, 9.17) is 19.3 Å². The van der Waals surface area contributed by atoms with Crippen LogP contribution in [0.5, 0.6) is 0 Å². The number of amides is 1. The second-order valence-electron chi connectivity index (χ2n) is 7.35. The average molecular weight is 528 g/mol. The second kappa shape index (κ2) is 15.4. The Labute approximate surface area is 210 Å². The summed E-state index contributed by atoms with van der Waals surface area (Å²) in [6, 6.07) is 10.9. The van der Waals surface area contributed by atoms with Crippen molar-refractivity contribution < 1.29 is 51.6 Å². The molecule has 0 aromatic heterocycles. The molecule has 0 saturated heterocycles. The highest BCUT2D eigenvalue weighted by Crippen LogP contribution is 2.32. The Bertz CT molecular complexity index is 1030. The highest BCUT2D eigenvalue weighted by molar-refractivity contribution is 5.96. The molecule has 0 spiro atoms. The van der Waals surface area contributed by atoms with Crippen LogP contribution in [-0.4, -0.2) is 75.7 Å². The van der Waals surface area contributed by atoms with Crippen molar-refractivity contribution in [1.82, 2.24) is 5.32 Å². The van der Waals surface area contributed by atoms with Crippen molar-refractivity contribution in [2.45, 2.75) is 6.18 Å². The van der Waals surface area contributed by atoms with Crippen molar-refractivity contribution in [3.05, 3.63) is 59.7 Å². The molecule has 1 amide bonds. The SMILES string of the molecule is O=C(O)COCC(=O)NCCOCCOCCOC(=O)c1ccccc1Nc1cccc(C(F)(F)F)c1. The Balaban J connectivity index is 1.63. The number of ether oxygens (including phenoxy) is 4.